The summed E-state index contributed by atoms with van der Waals surface area (Å²) in [7, 11) is 0. The van der Waals surface area contributed by atoms with E-state index in [0.717, 1.165) is 37.5 Å². The summed E-state index contributed by atoms with van der Waals surface area (Å²) in [5, 5.41) is 4.52. The van der Waals surface area contributed by atoms with E-state index in [4.69, 9.17) is 4.52 Å². The van der Waals surface area contributed by atoms with Crippen molar-refractivity contribution >= 4 is 0 Å². The molecule has 1 aromatic heterocycles. The molecule has 3 heteroatoms. The second-order valence-electron chi connectivity index (χ2n) is 6.34. The summed E-state index contributed by atoms with van der Waals surface area (Å²) < 4.78 is 5.73. The molecule has 1 aliphatic heterocycles. The molecule has 0 aliphatic carbocycles. The lowest BCUT2D eigenvalue weighted by Crippen LogP contribution is -2.30. The average Bonchev–Trinajstić information content (AvgIpc) is 3.07. The van der Waals surface area contributed by atoms with E-state index in [1.165, 1.54) is 16.7 Å². The number of rotatable bonds is 4. The maximum absolute atomic E-state index is 5.73. The molecule has 1 aliphatic rings. The first-order valence-electron chi connectivity index (χ1n) is 8.66. The van der Waals surface area contributed by atoms with Crippen molar-refractivity contribution in [3.05, 3.63) is 88.8 Å². The molecular weight excluding hydrogens is 296 g/mol. The van der Waals surface area contributed by atoms with E-state index in [0.29, 0.717) is 0 Å². The summed E-state index contributed by atoms with van der Waals surface area (Å²) in [6.07, 6.45) is 0.951. The summed E-state index contributed by atoms with van der Waals surface area (Å²) in [6, 6.07) is 21.2. The quantitative estimate of drug-likeness (QED) is 0.721. The fraction of sp³-hybridized carbons (Fsp3) is 0.286. The van der Waals surface area contributed by atoms with Crippen LogP contribution in [-0.2, 0) is 13.0 Å². The summed E-state index contributed by atoms with van der Waals surface area (Å²) in [5.41, 5.74) is 4.86. The molecule has 0 amide bonds. The van der Waals surface area contributed by atoms with Crippen molar-refractivity contribution in [2.75, 3.05) is 13.1 Å². The maximum atomic E-state index is 5.73. The Hall–Kier alpha value is -2.39. The Morgan fingerprint density at radius 2 is 1.62 bits per heavy atom. The van der Waals surface area contributed by atoms with Gasteiger partial charge in [0.25, 0.3) is 0 Å². The van der Waals surface area contributed by atoms with Crippen LogP contribution in [0.4, 0.5) is 0 Å². The molecular formula is C21H22N2O. The van der Waals surface area contributed by atoms with Crippen LogP contribution in [0.25, 0.3) is 0 Å². The van der Waals surface area contributed by atoms with Crippen LogP contribution in [0.2, 0.25) is 0 Å². The first-order valence-corrected chi connectivity index (χ1v) is 8.66. The first kappa shape index (κ1) is 15.2. The fourth-order valence-electron chi connectivity index (χ4n) is 3.58. The maximum Gasteiger partial charge on any atom is 0.142 e. The molecule has 0 fully saturated rings. The van der Waals surface area contributed by atoms with Gasteiger partial charge in [0.15, 0.2) is 0 Å². The van der Waals surface area contributed by atoms with Gasteiger partial charge in [-0.05, 0) is 17.7 Å². The minimum Gasteiger partial charge on any atom is -0.361 e. The number of fused-ring (bicyclic) bond motifs is 1. The van der Waals surface area contributed by atoms with E-state index in [2.05, 4.69) is 77.6 Å². The Labute approximate surface area is 142 Å². The standard InChI is InChI=1S/C21H22N2O/c1-2-23-14-13-19-18(15-23)21(22-24-19)20(16-9-5-3-6-10-16)17-11-7-4-8-12-17/h3-12,20H,2,13-15H2,1H3. The molecule has 0 bridgehead atoms. The van der Waals surface area contributed by atoms with Gasteiger partial charge in [-0.15, -0.1) is 0 Å². The normalized spacial score (nSPS) is 14.8. The highest BCUT2D eigenvalue weighted by Crippen LogP contribution is 2.36. The van der Waals surface area contributed by atoms with Crippen molar-refractivity contribution < 1.29 is 4.52 Å². The molecule has 0 radical (unpaired) electrons. The van der Waals surface area contributed by atoms with Crippen molar-refractivity contribution in [1.29, 1.82) is 0 Å². The second-order valence-corrected chi connectivity index (χ2v) is 6.34. The van der Waals surface area contributed by atoms with Gasteiger partial charge >= 0.3 is 0 Å². The Balaban J connectivity index is 1.82. The van der Waals surface area contributed by atoms with Crippen LogP contribution in [0, 0.1) is 0 Å². The zero-order chi connectivity index (χ0) is 16.4. The molecule has 0 saturated heterocycles. The summed E-state index contributed by atoms with van der Waals surface area (Å²) in [5.74, 6) is 1.18. The van der Waals surface area contributed by atoms with Crippen LogP contribution < -0.4 is 0 Å². The molecule has 0 spiro atoms. The Bertz CT molecular complexity index is 756. The third-order valence-electron chi connectivity index (χ3n) is 4.92. The average molecular weight is 318 g/mol. The minimum atomic E-state index is 0.122. The fourth-order valence-corrected chi connectivity index (χ4v) is 3.58. The van der Waals surface area contributed by atoms with E-state index in [9.17, 15) is 0 Å². The van der Waals surface area contributed by atoms with Gasteiger partial charge in [0, 0.05) is 25.1 Å². The van der Waals surface area contributed by atoms with Gasteiger partial charge in [-0.25, -0.2) is 0 Å². The summed E-state index contributed by atoms with van der Waals surface area (Å²) >= 11 is 0. The first-order chi connectivity index (χ1) is 11.9. The van der Waals surface area contributed by atoms with E-state index in [1.54, 1.807) is 0 Å². The lowest BCUT2D eigenvalue weighted by Gasteiger charge is -2.26. The van der Waals surface area contributed by atoms with Gasteiger partial charge in [-0.1, -0.05) is 72.7 Å². The monoisotopic (exact) mass is 318 g/mol. The largest absolute Gasteiger partial charge is 0.361 e. The molecule has 3 nitrogen and oxygen atoms in total. The van der Waals surface area contributed by atoms with E-state index >= 15 is 0 Å². The second kappa shape index (κ2) is 6.62. The molecule has 0 N–H and O–H groups in total. The predicted octanol–water partition coefficient (Wildman–Crippen LogP) is 4.23. The molecule has 122 valence electrons. The SMILES string of the molecule is CCN1CCc2onc(C(c3ccccc3)c3ccccc3)c2C1. The smallest absolute Gasteiger partial charge is 0.142 e. The van der Waals surface area contributed by atoms with Gasteiger partial charge in [0.05, 0.1) is 5.92 Å². The molecule has 2 heterocycles. The van der Waals surface area contributed by atoms with E-state index in [-0.39, 0.29) is 5.92 Å². The van der Waals surface area contributed by atoms with E-state index in [1.807, 2.05) is 0 Å². The van der Waals surface area contributed by atoms with E-state index < -0.39 is 0 Å². The minimum absolute atomic E-state index is 0.122. The van der Waals surface area contributed by atoms with Crippen LogP contribution in [0.5, 0.6) is 0 Å². The van der Waals surface area contributed by atoms with Gasteiger partial charge in [0.1, 0.15) is 11.5 Å². The van der Waals surface area contributed by atoms with Gasteiger partial charge in [-0.2, -0.15) is 0 Å². The van der Waals surface area contributed by atoms with Crippen molar-refractivity contribution in [1.82, 2.24) is 10.1 Å². The molecule has 24 heavy (non-hydrogen) atoms. The number of hydrogen-bond acceptors (Lipinski definition) is 3. The number of nitrogens with zero attached hydrogens (tertiary/aromatic N) is 2. The zero-order valence-electron chi connectivity index (χ0n) is 14.0. The van der Waals surface area contributed by atoms with Crippen molar-refractivity contribution in [2.24, 2.45) is 0 Å². The van der Waals surface area contributed by atoms with Gasteiger partial charge < -0.3 is 4.52 Å². The Kier molecular flexibility index (Phi) is 4.18. The number of benzene rings is 2. The molecule has 0 atom stereocenters. The Morgan fingerprint density at radius 1 is 1.00 bits per heavy atom. The molecule has 3 aromatic rings. The highest BCUT2D eigenvalue weighted by atomic mass is 16.5. The van der Waals surface area contributed by atoms with Crippen molar-refractivity contribution in [2.45, 2.75) is 25.8 Å². The van der Waals surface area contributed by atoms with Gasteiger partial charge in [0.2, 0.25) is 0 Å². The molecule has 2 aromatic carbocycles. The highest BCUT2D eigenvalue weighted by Gasteiger charge is 2.29. The predicted molar refractivity (Wildman–Crippen MR) is 95.0 cm³/mol. The highest BCUT2D eigenvalue weighted by molar-refractivity contribution is 5.44. The van der Waals surface area contributed by atoms with Crippen LogP contribution in [-0.4, -0.2) is 23.1 Å². The van der Waals surface area contributed by atoms with Crippen LogP contribution in [0.1, 0.15) is 41.0 Å². The number of aromatic nitrogens is 1. The third kappa shape index (κ3) is 2.76. The number of hydrogen-bond donors (Lipinski definition) is 0. The molecule has 0 saturated carbocycles. The zero-order valence-corrected chi connectivity index (χ0v) is 14.0. The molecule has 0 unspecified atom stereocenters. The lowest BCUT2D eigenvalue weighted by atomic mass is 9.85. The van der Waals surface area contributed by atoms with Crippen LogP contribution in [0.3, 0.4) is 0 Å². The lowest BCUT2D eigenvalue weighted by molar-refractivity contribution is 0.247. The van der Waals surface area contributed by atoms with Crippen LogP contribution in [0.15, 0.2) is 65.2 Å². The summed E-state index contributed by atoms with van der Waals surface area (Å²) in [6.45, 7) is 5.26. The third-order valence-corrected chi connectivity index (χ3v) is 4.92. The van der Waals surface area contributed by atoms with Crippen molar-refractivity contribution in [3.8, 4) is 0 Å². The number of likely N-dealkylation sites (N-methyl/N-ethyl adjacent to an activating group) is 1. The molecule has 4 rings (SSSR count). The summed E-state index contributed by atoms with van der Waals surface area (Å²) in [4.78, 5) is 2.45. The topological polar surface area (TPSA) is 29.3 Å². The van der Waals surface area contributed by atoms with Crippen LogP contribution >= 0.6 is 0 Å². The Morgan fingerprint density at radius 3 is 2.21 bits per heavy atom. The van der Waals surface area contributed by atoms with Gasteiger partial charge in [-0.3, -0.25) is 4.90 Å². The van der Waals surface area contributed by atoms with Crippen molar-refractivity contribution in [3.63, 3.8) is 0 Å².